The van der Waals surface area contributed by atoms with Gasteiger partial charge in [0.15, 0.2) is 5.82 Å². The van der Waals surface area contributed by atoms with Crippen LogP contribution in [0.1, 0.15) is 5.56 Å². The van der Waals surface area contributed by atoms with Crippen molar-refractivity contribution in [2.75, 3.05) is 5.73 Å². The van der Waals surface area contributed by atoms with E-state index in [1.807, 2.05) is 0 Å². The molecule has 20 heavy (non-hydrogen) atoms. The summed E-state index contributed by atoms with van der Waals surface area (Å²) in [6.07, 6.45) is 0. The van der Waals surface area contributed by atoms with Crippen LogP contribution < -0.4 is 5.73 Å². The average Bonchev–Trinajstić information content (AvgIpc) is 2.37. The largest absolute Gasteiger partial charge is 0.383 e. The molecular weight excluding hydrogens is 260 g/mol. The minimum atomic E-state index is -0.430. The lowest BCUT2D eigenvalue weighted by Crippen LogP contribution is -1.99. The molecule has 0 bridgehead atoms. The summed E-state index contributed by atoms with van der Waals surface area (Å²) in [4.78, 5) is 8.28. The normalized spacial score (nSPS) is 10.9. The zero-order valence-corrected chi connectivity index (χ0v) is 10.7. The van der Waals surface area contributed by atoms with Crippen LogP contribution in [-0.2, 0) is 0 Å². The molecule has 0 aliphatic heterocycles. The smallest absolute Gasteiger partial charge is 0.165 e. The molecule has 3 nitrogen and oxygen atoms in total. The number of nitrogen functional groups attached to an aromatic ring is 1. The number of rotatable bonds is 1. The number of hydrogen-bond donors (Lipinski definition) is 1. The lowest BCUT2D eigenvalue weighted by Gasteiger charge is -2.07. The molecule has 0 atom stereocenters. The van der Waals surface area contributed by atoms with Gasteiger partial charge in [-0.2, -0.15) is 0 Å². The van der Waals surface area contributed by atoms with E-state index < -0.39 is 11.6 Å². The van der Waals surface area contributed by atoms with Crippen molar-refractivity contribution in [3.8, 4) is 11.4 Å². The number of benzene rings is 2. The second kappa shape index (κ2) is 4.52. The summed E-state index contributed by atoms with van der Waals surface area (Å²) in [5.41, 5.74) is 7.22. The molecule has 0 radical (unpaired) electrons. The quantitative estimate of drug-likeness (QED) is 0.737. The Hall–Kier alpha value is -2.56. The van der Waals surface area contributed by atoms with Gasteiger partial charge < -0.3 is 5.73 Å². The van der Waals surface area contributed by atoms with Gasteiger partial charge in [-0.15, -0.1) is 0 Å². The summed E-state index contributed by atoms with van der Waals surface area (Å²) >= 11 is 0. The summed E-state index contributed by atoms with van der Waals surface area (Å²) in [6, 6.07) is 8.79. The number of nitrogens with two attached hydrogens (primary N) is 1. The lowest BCUT2D eigenvalue weighted by molar-refractivity contribution is 0.628. The summed E-state index contributed by atoms with van der Waals surface area (Å²) in [7, 11) is 0. The number of hydrogen-bond acceptors (Lipinski definition) is 3. The van der Waals surface area contributed by atoms with Gasteiger partial charge in [0, 0.05) is 11.5 Å². The predicted molar refractivity (Wildman–Crippen MR) is 74.0 cm³/mol. The van der Waals surface area contributed by atoms with Crippen molar-refractivity contribution in [3.05, 3.63) is 53.6 Å². The number of aromatic nitrogens is 2. The molecule has 2 N–H and O–H groups in total. The minimum absolute atomic E-state index is 0.151. The summed E-state index contributed by atoms with van der Waals surface area (Å²) in [6.45, 7) is 1.79. The SMILES string of the molecule is Cc1ccc(-c2nc(N)c3ccc(F)cc3n2)c(F)c1. The van der Waals surface area contributed by atoms with E-state index in [-0.39, 0.29) is 17.2 Å². The topological polar surface area (TPSA) is 51.8 Å². The van der Waals surface area contributed by atoms with Gasteiger partial charge in [0.1, 0.15) is 17.5 Å². The highest BCUT2D eigenvalue weighted by atomic mass is 19.1. The third-order valence-electron chi connectivity index (χ3n) is 3.05. The van der Waals surface area contributed by atoms with Crippen LogP contribution in [0.15, 0.2) is 36.4 Å². The van der Waals surface area contributed by atoms with Gasteiger partial charge in [0.2, 0.25) is 0 Å². The van der Waals surface area contributed by atoms with E-state index in [0.29, 0.717) is 10.9 Å². The van der Waals surface area contributed by atoms with Crippen LogP contribution in [0.3, 0.4) is 0 Å². The van der Waals surface area contributed by atoms with Gasteiger partial charge in [-0.3, -0.25) is 0 Å². The summed E-state index contributed by atoms with van der Waals surface area (Å²) < 4.78 is 27.2. The second-order valence-electron chi connectivity index (χ2n) is 4.58. The summed E-state index contributed by atoms with van der Waals surface area (Å²) in [5, 5.41) is 0.544. The van der Waals surface area contributed by atoms with Gasteiger partial charge in [-0.25, -0.2) is 18.7 Å². The molecule has 0 aliphatic carbocycles. The fourth-order valence-corrected chi connectivity index (χ4v) is 2.05. The van der Waals surface area contributed by atoms with Crippen LogP contribution in [0, 0.1) is 18.6 Å². The van der Waals surface area contributed by atoms with Crippen LogP contribution in [0.2, 0.25) is 0 Å². The Balaban J connectivity index is 2.26. The highest BCUT2D eigenvalue weighted by Gasteiger charge is 2.12. The molecule has 0 aliphatic rings. The first-order valence-electron chi connectivity index (χ1n) is 6.04. The molecule has 0 unspecified atom stereocenters. The predicted octanol–water partition coefficient (Wildman–Crippen LogP) is 3.47. The Labute approximate surface area is 114 Å². The number of fused-ring (bicyclic) bond motifs is 1. The Morgan fingerprint density at radius 1 is 1.00 bits per heavy atom. The maximum absolute atomic E-state index is 14.0. The maximum Gasteiger partial charge on any atom is 0.165 e. The highest BCUT2D eigenvalue weighted by molar-refractivity contribution is 5.89. The molecule has 1 heterocycles. The number of anilines is 1. The number of halogens is 2. The van der Waals surface area contributed by atoms with E-state index in [1.165, 1.54) is 24.3 Å². The molecule has 0 saturated heterocycles. The van der Waals surface area contributed by atoms with Crippen molar-refractivity contribution in [3.63, 3.8) is 0 Å². The Morgan fingerprint density at radius 3 is 2.55 bits per heavy atom. The Kier molecular flexibility index (Phi) is 2.82. The molecule has 3 aromatic rings. The van der Waals surface area contributed by atoms with Crippen LogP contribution in [-0.4, -0.2) is 9.97 Å². The standard InChI is InChI=1S/C15H11F2N3/c1-8-2-4-10(12(17)6-8)15-19-13-7-9(16)3-5-11(13)14(18)20-15/h2-7H,1H3,(H2,18,19,20). The first-order valence-corrected chi connectivity index (χ1v) is 6.04. The summed E-state index contributed by atoms with van der Waals surface area (Å²) in [5.74, 6) is -0.505. The third kappa shape index (κ3) is 2.07. The lowest BCUT2D eigenvalue weighted by atomic mass is 10.1. The second-order valence-corrected chi connectivity index (χ2v) is 4.58. The first-order chi connectivity index (χ1) is 9.54. The molecule has 0 amide bonds. The van der Waals surface area contributed by atoms with Crippen LogP contribution in [0.5, 0.6) is 0 Å². The van der Waals surface area contributed by atoms with Crippen LogP contribution in [0.4, 0.5) is 14.6 Å². The molecule has 2 aromatic carbocycles. The average molecular weight is 271 g/mol. The van der Waals surface area contributed by atoms with Crippen molar-refractivity contribution in [2.24, 2.45) is 0 Å². The van der Waals surface area contributed by atoms with Crippen molar-refractivity contribution < 1.29 is 8.78 Å². The monoisotopic (exact) mass is 271 g/mol. The van der Waals surface area contributed by atoms with Crippen LogP contribution >= 0.6 is 0 Å². The Morgan fingerprint density at radius 2 is 1.80 bits per heavy atom. The molecule has 1 aromatic heterocycles. The van der Waals surface area contributed by atoms with Gasteiger partial charge >= 0.3 is 0 Å². The number of aryl methyl sites for hydroxylation is 1. The van der Waals surface area contributed by atoms with E-state index in [4.69, 9.17) is 5.73 Å². The molecule has 3 rings (SSSR count). The molecule has 5 heteroatoms. The molecule has 0 fully saturated rings. The number of nitrogens with zero attached hydrogens (tertiary/aromatic N) is 2. The third-order valence-corrected chi connectivity index (χ3v) is 3.05. The van der Waals surface area contributed by atoms with Gasteiger partial charge in [0.25, 0.3) is 0 Å². The zero-order chi connectivity index (χ0) is 14.3. The molecular formula is C15H11F2N3. The van der Waals surface area contributed by atoms with Gasteiger partial charge in [-0.1, -0.05) is 6.07 Å². The Bertz CT molecular complexity index is 816. The van der Waals surface area contributed by atoms with Gasteiger partial charge in [-0.05, 0) is 36.8 Å². The zero-order valence-electron chi connectivity index (χ0n) is 10.7. The molecule has 0 spiro atoms. The van der Waals surface area contributed by atoms with Crippen molar-refractivity contribution in [1.82, 2.24) is 9.97 Å². The van der Waals surface area contributed by atoms with E-state index in [1.54, 1.807) is 19.1 Å². The molecule has 100 valence electrons. The van der Waals surface area contributed by atoms with Crippen LogP contribution in [0.25, 0.3) is 22.3 Å². The fraction of sp³-hybridized carbons (Fsp3) is 0.0667. The van der Waals surface area contributed by atoms with Crippen molar-refractivity contribution in [1.29, 1.82) is 0 Å². The minimum Gasteiger partial charge on any atom is -0.383 e. The first kappa shape index (κ1) is 12.5. The van der Waals surface area contributed by atoms with Crippen molar-refractivity contribution in [2.45, 2.75) is 6.92 Å². The van der Waals surface area contributed by atoms with E-state index in [0.717, 1.165) is 5.56 Å². The van der Waals surface area contributed by atoms with E-state index in [2.05, 4.69) is 9.97 Å². The maximum atomic E-state index is 14.0. The van der Waals surface area contributed by atoms with E-state index in [9.17, 15) is 8.78 Å². The van der Waals surface area contributed by atoms with Gasteiger partial charge in [0.05, 0.1) is 11.1 Å². The fourth-order valence-electron chi connectivity index (χ4n) is 2.05. The van der Waals surface area contributed by atoms with Crippen molar-refractivity contribution >= 4 is 16.7 Å². The van der Waals surface area contributed by atoms with E-state index >= 15 is 0 Å². The molecule has 0 saturated carbocycles. The highest BCUT2D eigenvalue weighted by Crippen LogP contribution is 2.25.